The first kappa shape index (κ1) is 16.4. The fraction of sp³-hybridized carbons (Fsp3) is 0.348. The van der Waals surface area contributed by atoms with E-state index in [1.165, 1.54) is 5.56 Å². The summed E-state index contributed by atoms with van der Waals surface area (Å²) in [7, 11) is 0. The van der Waals surface area contributed by atoms with Gasteiger partial charge >= 0.3 is 0 Å². The Morgan fingerprint density at radius 3 is 2.52 bits per heavy atom. The lowest BCUT2D eigenvalue weighted by atomic mass is 9.75. The van der Waals surface area contributed by atoms with Crippen LogP contribution in [0.2, 0.25) is 0 Å². The summed E-state index contributed by atoms with van der Waals surface area (Å²) < 4.78 is 11.2. The Morgan fingerprint density at radius 2 is 1.78 bits per heavy atom. The van der Waals surface area contributed by atoms with Crippen LogP contribution in [0.1, 0.15) is 61.6 Å². The van der Waals surface area contributed by atoms with Crippen LogP contribution >= 0.6 is 0 Å². The smallest absolute Gasteiger partial charge is 0.231 e. The fourth-order valence-electron chi connectivity index (χ4n) is 4.37. The number of ketones is 1. The molecule has 0 bridgehead atoms. The number of nitrogens with one attached hydrogen (secondary N) is 1. The molecule has 0 amide bonds. The van der Waals surface area contributed by atoms with Crippen LogP contribution in [0.5, 0.6) is 11.5 Å². The Morgan fingerprint density at radius 1 is 1.04 bits per heavy atom. The molecule has 2 heterocycles. The summed E-state index contributed by atoms with van der Waals surface area (Å²) >= 11 is 0. The van der Waals surface area contributed by atoms with E-state index in [1.807, 2.05) is 12.1 Å². The van der Waals surface area contributed by atoms with Gasteiger partial charge in [0.1, 0.15) is 0 Å². The van der Waals surface area contributed by atoms with Gasteiger partial charge < -0.3 is 14.8 Å². The van der Waals surface area contributed by atoms with Gasteiger partial charge in [-0.25, -0.2) is 0 Å². The van der Waals surface area contributed by atoms with Crippen LogP contribution in [0.25, 0.3) is 0 Å². The summed E-state index contributed by atoms with van der Waals surface area (Å²) in [5.41, 5.74) is 6.56. The fourth-order valence-corrected chi connectivity index (χ4v) is 4.37. The molecule has 27 heavy (non-hydrogen) atoms. The summed E-state index contributed by atoms with van der Waals surface area (Å²) in [5.74, 6) is 2.21. The first-order chi connectivity index (χ1) is 13.1. The molecule has 0 spiro atoms. The van der Waals surface area contributed by atoms with E-state index in [0.717, 1.165) is 52.4 Å². The molecule has 2 aromatic carbocycles. The third-order valence-corrected chi connectivity index (χ3v) is 5.82. The van der Waals surface area contributed by atoms with Crippen LogP contribution in [-0.2, 0) is 4.79 Å². The van der Waals surface area contributed by atoms with Gasteiger partial charge in [0.2, 0.25) is 6.79 Å². The number of hydrogen-bond donors (Lipinski definition) is 1. The maximum Gasteiger partial charge on any atom is 0.231 e. The zero-order valence-electron chi connectivity index (χ0n) is 15.7. The standard InChI is InChI=1S/C23H23NO3/c1-13(2)14-6-8-15(9-7-14)22-16-10-20-21(27-12-26-20)11-18(16)24-17-4-3-5-19(25)23(17)22/h6-11,13,22,24H,3-5,12H2,1-2H3/t22-/m1/s1. The van der Waals surface area contributed by atoms with Crippen molar-refractivity contribution in [1.82, 2.24) is 0 Å². The molecule has 1 N–H and O–H groups in total. The number of benzene rings is 2. The second kappa shape index (κ2) is 6.15. The van der Waals surface area contributed by atoms with Gasteiger partial charge in [0.25, 0.3) is 0 Å². The van der Waals surface area contributed by atoms with Crippen LogP contribution in [-0.4, -0.2) is 12.6 Å². The van der Waals surface area contributed by atoms with Crippen molar-refractivity contribution in [2.24, 2.45) is 0 Å². The van der Waals surface area contributed by atoms with Gasteiger partial charge in [-0.3, -0.25) is 4.79 Å². The van der Waals surface area contributed by atoms with Crippen LogP contribution in [0.15, 0.2) is 47.7 Å². The van der Waals surface area contributed by atoms with Crippen molar-refractivity contribution >= 4 is 11.5 Å². The molecule has 3 aliphatic rings. The monoisotopic (exact) mass is 361 g/mol. The molecule has 4 heteroatoms. The molecule has 138 valence electrons. The highest BCUT2D eigenvalue weighted by atomic mass is 16.7. The first-order valence-corrected chi connectivity index (χ1v) is 9.68. The third-order valence-electron chi connectivity index (χ3n) is 5.82. The molecular formula is C23H23NO3. The van der Waals surface area contributed by atoms with Gasteiger partial charge in [0.15, 0.2) is 17.3 Å². The minimum atomic E-state index is -0.0558. The van der Waals surface area contributed by atoms with Crippen molar-refractivity contribution in [3.05, 3.63) is 64.4 Å². The molecule has 4 nitrogen and oxygen atoms in total. The maximum absolute atomic E-state index is 12.9. The normalized spacial score (nSPS) is 20.4. The molecule has 0 saturated carbocycles. The molecule has 0 unspecified atom stereocenters. The number of ether oxygens (including phenoxy) is 2. The number of allylic oxidation sites excluding steroid dienone is 2. The van der Waals surface area contributed by atoms with Crippen LogP contribution < -0.4 is 14.8 Å². The molecule has 1 aliphatic carbocycles. The van der Waals surface area contributed by atoms with Gasteiger partial charge in [0, 0.05) is 35.4 Å². The van der Waals surface area contributed by atoms with E-state index in [4.69, 9.17) is 9.47 Å². The molecule has 2 aliphatic heterocycles. The van der Waals surface area contributed by atoms with Crippen molar-refractivity contribution in [2.75, 3.05) is 12.1 Å². The summed E-state index contributed by atoms with van der Waals surface area (Å²) in [5, 5.41) is 3.51. The SMILES string of the molecule is CC(C)c1ccc([C@H]2C3=C(CCCC3=O)Nc3cc4c(cc32)OCO4)cc1. The van der Waals surface area contributed by atoms with Crippen molar-refractivity contribution in [1.29, 1.82) is 0 Å². The number of fused-ring (bicyclic) bond motifs is 2. The van der Waals surface area contributed by atoms with E-state index in [9.17, 15) is 4.79 Å². The summed E-state index contributed by atoms with van der Waals surface area (Å²) in [6, 6.07) is 12.8. The van der Waals surface area contributed by atoms with Gasteiger partial charge in [-0.2, -0.15) is 0 Å². The van der Waals surface area contributed by atoms with E-state index in [2.05, 4.69) is 43.4 Å². The molecule has 0 radical (unpaired) electrons. The summed E-state index contributed by atoms with van der Waals surface area (Å²) in [6.07, 6.45) is 2.44. The topological polar surface area (TPSA) is 47.6 Å². The number of Topliss-reactive ketones (excluding diaryl/α,β-unsaturated/α-hetero) is 1. The highest BCUT2D eigenvalue weighted by Gasteiger charge is 2.36. The van der Waals surface area contributed by atoms with Crippen LogP contribution in [0.3, 0.4) is 0 Å². The number of hydrogen-bond acceptors (Lipinski definition) is 4. The highest BCUT2D eigenvalue weighted by Crippen LogP contribution is 2.49. The Bertz CT molecular complexity index is 956. The quantitative estimate of drug-likeness (QED) is 0.808. The molecule has 0 saturated heterocycles. The zero-order valence-corrected chi connectivity index (χ0v) is 15.7. The van der Waals surface area contributed by atoms with E-state index in [-0.39, 0.29) is 18.5 Å². The molecule has 1 atom stereocenters. The van der Waals surface area contributed by atoms with E-state index in [1.54, 1.807) is 0 Å². The average molecular weight is 361 g/mol. The summed E-state index contributed by atoms with van der Waals surface area (Å²) in [4.78, 5) is 12.9. The van der Waals surface area contributed by atoms with Crippen LogP contribution in [0, 0.1) is 0 Å². The first-order valence-electron chi connectivity index (χ1n) is 9.68. The lowest BCUT2D eigenvalue weighted by molar-refractivity contribution is -0.116. The minimum absolute atomic E-state index is 0.0558. The lowest BCUT2D eigenvalue weighted by Crippen LogP contribution is -2.26. The molecule has 0 aromatic heterocycles. The van der Waals surface area contributed by atoms with Gasteiger partial charge in [-0.05, 0) is 41.5 Å². The van der Waals surface area contributed by atoms with E-state index < -0.39 is 0 Å². The predicted molar refractivity (Wildman–Crippen MR) is 104 cm³/mol. The van der Waals surface area contributed by atoms with E-state index in [0.29, 0.717) is 12.3 Å². The largest absolute Gasteiger partial charge is 0.454 e. The molecule has 2 aromatic rings. The van der Waals surface area contributed by atoms with Crippen molar-refractivity contribution < 1.29 is 14.3 Å². The Labute approximate surface area is 159 Å². The molecule has 0 fully saturated rings. The van der Waals surface area contributed by atoms with Gasteiger partial charge in [-0.15, -0.1) is 0 Å². The Kier molecular flexibility index (Phi) is 3.74. The average Bonchev–Trinajstić information content (AvgIpc) is 3.12. The third kappa shape index (κ3) is 2.62. The second-order valence-corrected chi connectivity index (χ2v) is 7.84. The number of rotatable bonds is 2. The van der Waals surface area contributed by atoms with Crippen molar-refractivity contribution in [3.8, 4) is 11.5 Å². The second-order valence-electron chi connectivity index (χ2n) is 7.84. The number of carbonyl (C=O) groups is 1. The molecule has 5 rings (SSSR count). The number of anilines is 1. The van der Waals surface area contributed by atoms with Crippen molar-refractivity contribution in [2.45, 2.75) is 44.9 Å². The van der Waals surface area contributed by atoms with E-state index >= 15 is 0 Å². The van der Waals surface area contributed by atoms with Gasteiger partial charge in [0.05, 0.1) is 0 Å². The zero-order chi connectivity index (χ0) is 18.5. The van der Waals surface area contributed by atoms with Crippen molar-refractivity contribution in [3.63, 3.8) is 0 Å². The summed E-state index contributed by atoms with van der Waals surface area (Å²) in [6.45, 7) is 4.64. The number of carbonyl (C=O) groups excluding carboxylic acids is 1. The highest BCUT2D eigenvalue weighted by molar-refractivity contribution is 6.01. The Hall–Kier alpha value is -2.75. The van der Waals surface area contributed by atoms with Gasteiger partial charge in [-0.1, -0.05) is 38.1 Å². The predicted octanol–water partition coefficient (Wildman–Crippen LogP) is 5.10. The minimum Gasteiger partial charge on any atom is -0.454 e. The van der Waals surface area contributed by atoms with Crippen LogP contribution in [0.4, 0.5) is 5.69 Å². The lowest BCUT2D eigenvalue weighted by Gasteiger charge is -2.34. The molecular weight excluding hydrogens is 338 g/mol. The maximum atomic E-state index is 12.9. The Balaban J connectivity index is 1.68.